The third-order valence-electron chi connectivity index (χ3n) is 2.93. The molecule has 1 rings (SSSR count). The largest absolute Gasteiger partial charge is 0.355 e. The van der Waals surface area contributed by atoms with Gasteiger partial charge in [-0.25, -0.2) is 0 Å². The van der Waals surface area contributed by atoms with Gasteiger partial charge in [0.25, 0.3) is 0 Å². The number of ether oxygens (including phenoxy) is 2. The molecular formula is C11H19IO2. The summed E-state index contributed by atoms with van der Waals surface area (Å²) in [5.41, 5.74) is 1.71. The highest BCUT2D eigenvalue weighted by Crippen LogP contribution is 2.39. The molecule has 3 heteroatoms. The van der Waals surface area contributed by atoms with E-state index in [2.05, 4.69) is 49.4 Å². The van der Waals surface area contributed by atoms with Crippen LogP contribution in [0, 0.1) is 5.41 Å². The lowest BCUT2D eigenvalue weighted by Gasteiger charge is -2.23. The highest BCUT2D eigenvalue weighted by atomic mass is 127. The second kappa shape index (κ2) is 4.94. The lowest BCUT2D eigenvalue weighted by molar-refractivity contribution is -0.129. The number of halogens is 1. The van der Waals surface area contributed by atoms with Gasteiger partial charge in [0.05, 0.1) is 10.5 Å². The highest BCUT2D eigenvalue weighted by molar-refractivity contribution is 14.1. The Morgan fingerprint density at radius 1 is 1.64 bits per heavy atom. The van der Waals surface area contributed by atoms with Gasteiger partial charge in [-0.05, 0) is 18.8 Å². The molecule has 2 nitrogen and oxygen atoms in total. The summed E-state index contributed by atoms with van der Waals surface area (Å²) >= 11 is 2.28. The highest BCUT2D eigenvalue weighted by Gasteiger charge is 2.32. The first-order chi connectivity index (χ1) is 6.49. The minimum Gasteiger partial charge on any atom is -0.355 e. The molecule has 0 heterocycles. The van der Waals surface area contributed by atoms with Crippen molar-refractivity contribution in [1.29, 1.82) is 0 Å². The van der Waals surface area contributed by atoms with E-state index in [4.69, 9.17) is 9.47 Å². The van der Waals surface area contributed by atoms with Crippen molar-refractivity contribution < 1.29 is 9.47 Å². The third kappa shape index (κ3) is 2.94. The van der Waals surface area contributed by atoms with Crippen LogP contribution < -0.4 is 0 Å². The van der Waals surface area contributed by atoms with Crippen LogP contribution in [0.1, 0.15) is 27.2 Å². The lowest BCUT2D eigenvalue weighted by Crippen LogP contribution is -2.24. The van der Waals surface area contributed by atoms with Gasteiger partial charge in [-0.3, -0.25) is 0 Å². The van der Waals surface area contributed by atoms with Gasteiger partial charge in [0.2, 0.25) is 0 Å². The van der Waals surface area contributed by atoms with Crippen LogP contribution >= 0.6 is 22.6 Å². The zero-order valence-corrected chi connectivity index (χ0v) is 11.5. The van der Waals surface area contributed by atoms with Gasteiger partial charge in [0.15, 0.2) is 6.29 Å². The second-order valence-electron chi connectivity index (χ2n) is 4.43. The molecule has 0 aromatic rings. The van der Waals surface area contributed by atoms with E-state index in [-0.39, 0.29) is 17.8 Å². The van der Waals surface area contributed by atoms with E-state index in [1.165, 1.54) is 5.57 Å². The zero-order chi connectivity index (χ0) is 10.8. The molecule has 1 aliphatic carbocycles. The van der Waals surface area contributed by atoms with Crippen molar-refractivity contribution in [2.45, 2.75) is 39.6 Å². The molecule has 0 aliphatic heterocycles. The number of methoxy groups -OCH3 is 1. The van der Waals surface area contributed by atoms with E-state index in [1.54, 1.807) is 7.11 Å². The molecule has 82 valence electrons. The zero-order valence-electron chi connectivity index (χ0n) is 9.34. The molecule has 0 N–H and O–H groups in total. The Balaban J connectivity index is 2.50. The van der Waals surface area contributed by atoms with Crippen LogP contribution in [0.2, 0.25) is 0 Å². The molecule has 0 aromatic heterocycles. The molecule has 0 spiro atoms. The first-order valence-electron chi connectivity index (χ1n) is 4.92. The van der Waals surface area contributed by atoms with Gasteiger partial charge < -0.3 is 9.47 Å². The Labute approximate surface area is 100 Å². The maximum atomic E-state index is 5.81. The summed E-state index contributed by atoms with van der Waals surface area (Å²) in [5, 5.41) is 0. The number of rotatable bonds is 4. The van der Waals surface area contributed by atoms with E-state index in [0.717, 1.165) is 10.8 Å². The molecule has 0 saturated heterocycles. The standard InChI is InChI=1S/C11H19IO2/c1-8-5-9(6-11(8,2)3)14-10(7-12)13-4/h5,9-10H,6-7H2,1-4H3. The van der Waals surface area contributed by atoms with Crippen molar-refractivity contribution in [3.63, 3.8) is 0 Å². The predicted molar refractivity (Wildman–Crippen MR) is 66.7 cm³/mol. The minimum absolute atomic E-state index is 0.0708. The molecule has 0 saturated carbocycles. The van der Waals surface area contributed by atoms with Crippen molar-refractivity contribution in [3.05, 3.63) is 11.6 Å². The van der Waals surface area contributed by atoms with Crippen molar-refractivity contribution >= 4 is 22.6 Å². The summed E-state index contributed by atoms with van der Waals surface area (Å²) in [6, 6.07) is 0. The summed E-state index contributed by atoms with van der Waals surface area (Å²) in [5.74, 6) is 0. The predicted octanol–water partition coefficient (Wildman–Crippen LogP) is 3.16. The van der Waals surface area contributed by atoms with Gasteiger partial charge in [0, 0.05) is 7.11 Å². The van der Waals surface area contributed by atoms with Crippen LogP contribution in [0.3, 0.4) is 0 Å². The topological polar surface area (TPSA) is 18.5 Å². The summed E-state index contributed by atoms with van der Waals surface area (Å²) in [7, 11) is 1.69. The smallest absolute Gasteiger partial charge is 0.166 e. The van der Waals surface area contributed by atoms with E-state index in [1.807, 2.05) is 0 Å². The fourth-order valence-electron chi connectivity index (χ4n) is 1.66. The average molecular weight is 310 g/mol. The van der Waals surface area contributed by atoms with Crippen LogP contribution in [0.15, 0.2) is 11.6 Å². The van der Waals surface area contributed by atoms with E-state index in [9.17, 15) is 0 Å². The summed E-state index contributed by atoms with van der Waals surface area (Å²) in [6.07, 6.45) is 3.44. The van der Waals surface area contributed by atoms with E-state index < -0.39 is 0 Å². The van der Waals surface area contributed by atoms with Crippen LogP contribution in [0.25, 0.3) is 0 Å². The normalized spacial score (nSPS) is 27.5. The maximum Gasteiger partial charge on any atom is 0.166 e. The summed E-state index contributed by atoms with van der Waals surface area (Å²) < 4.78 is 11.9. The van der Waals surface area contributed by atoms with Gasteiger partial charge in [-0.2, -0.15) is 0 Å². The fourth-order valence-corrected chi connectivity index (χ4v) is 2.23. The molecule has 0 aromatic carbocycles. The molecule has 14 heavy (non-hydrogen) atoms. The molecule has 2 unspecified atom stereocenters. The summed E-state index contributed by atoms with van der Waals surface area (Å²) in [6.45, 7) is 6.69. The molecule has 1 aliphatic rings. The molecule has 2 atom stereocenters. The average Bonchev–Trinajstić information content (AvgIpc) is 2.36. The Morgan fingerprint density at radius 2 is 2.29 bits per heavy atom. The van der Waals surface area contributed by atoms with Crippen LogP contribution in [-0.4, -0.2) is 23.9 Å². The monoisotopic (exact) mass is 310 g/mol. The fraction of sp³-hybridized carbons (Fsp3) is 0.818. The Morgan fingerprint density at radius 3 is 2.64 bits per heavy atom. The minimum atomic E-state index is -0.0708. The Hall–Kier alpha value is 0.390. The number of allylic oxidation sites excluding steroid dienone is 1. The molecule has 0 amide bonds. The van der Waals surface area contributed by atoms with Crippen molar-refractivity contribution in [2.75, 3.05) is 11.5 Å². The van der Waals surface area contributed by atoms with Crippen LogP contribution in [-0.2, 0) is 9.47 Å². The Bertz CT molecular complexity index is 219. The van der Waals surface area contributed by atoms with Crippen LogP contribution in [0.5, 0.6) is 0 Å². The van der Waals surface area contributed by atoms with Crippen molar-refractivity contribution in [3.8, 4) is 0 Å². The van der Waals surface area contributed by atoms with Crippen LogP contribution in [0.4, 0.5) is 0 Å². The second-order valence-corrected chi connectivity index (χ2v) is 5.31. The first kappa shape index (κ1) is 12.5. The number of hydrogen-bond donors (Lipinski definition) is 0. The van der Waals surface area contributed by atoms with Gasteiger partial charge in [-0.1, -0.05) is 48.1 Å². The number of alkyl halides is 1. The number of hydrogen-bond acceptors (Lipinski definition) is 2. The molecule has 0 bridgehead atoms. The lowest BCUT2D eigenvalue weighted by atomic mass is 9.87. The third-order valence-corrected chi connectivity index (χ3v) is 3.65. The molecule has 0 radical (unpaired) electrons. The molecular weight excluding hydrogens is 291 g/mol. The Kier molecular flexibility index (Phi) is 4.40. The van der Waals surface area contributed by atoms with Crippen molar-refractivity contribution in [2.24, 2.45) is 5.41 Å². The van der Waals surface area contributed by atoms with Gasteiger partial charge in [-0.15, -0.1) is 0 Å². The van der Waals surface area contributed by atoms with Crippen molar-refractivity contribution in [1.82, 2.24) is 0 Å². The van der Waals surface area contributed by atoms with Gasteiger partial charge in [0.1, 0.15) is 0 Å². The van der Waals surface area contributed by atoms with E-state index in [0.29, 0.717) is 0 Å². The molecule has 0 fully saturated rings. The summed E-state index contributed by atoms with van der Waals surface area (Å²) in [4.78, 5) is 0. The SMILES string of the molecule is COC(CI)OC1C=C(C)C(C)(C)C1. The van der Waals surface area contributed by atoms with Gasteiger partial charge >= 0.3 is 0 Å². The quantitative estimate of drug-likeness (QED) is 0.344. The maximum absolute atomic E-state index is 5.81. The first-order valence-corrected chi connectivity index (χ1v) is 6.45. The van der Waals surface area contributed by atoms with E-state index >= 15 is 0 Å².